The zero-order chi connectivity index (χ0) is 18.8. The van der Waals surface area contributed by atoms with Crippen LogP contribution in [0.2, 0.25) is 11.1 Å². The Labute approximate surface area is 148 Å². The van der Waals surface area contributed by atoms with E-state index in [1.807, 2.05) is 13.8 Å². The van der Waals surface area contributed by atoms with Crippen LogP contribution in [0.15, 0.2) is 0 Å². The first-order chi connectivity index (χ1) is 11.3. The summed E-state index contributed by atoms with van der Waals surface area (Å²) in [6, 6.07) is 0. The molecule has 0 aliphatic carbocycles. The molecule has 0 saturated carbocycles. The SMILES string of the molecule is CO[Si](OC)(OC)C(C)CCC(=O)CCC(C)[Si](OC)(OC)OC. The van der Waals surface area contributed by atoms with E-state index < -0.39 is 17.6 Å². The molecule has 0 aromatic rings. The summed E-state index contributed by atoms with van der Waals surface area (Å²) >= 11 is 0. The molecule has 0 saturated heterocycles. The lowest BCUT2D eigenvalue weighted by Gasteiger charge is -2.30. The van der Waals surface area contributed by atoms with Gasteiger partial charge in [-0.2, -0.15) is 0 Å². The van der Waals surface area contributed by atoms with Crippen molar-refractivity contribution in [2.75, 3.05) is 42.7 Å². The van der Waals surface area contributed by atoms with E-state index in [9.17, 15) is 4.79 Å². The summed E-state index contributed by atoms with van der Waals surface area (Å²) < 4.78 is 32.7. The summed E-state index contributed by atoms with van der Waals surface area (Å²) in [5, 5.41) is 0. The van der Waals surface area contributed by atoms with Crippen molar-refractivity contribution in [2.24, 2.45) is 0 Å². The van der Waals surface area contributed by atoms with Crippen LogP contribution in [0.3, 0.4) is 0 Å². The fourth-order valence-corrected chi connectivity index (χ4v) is 7.35. The predicted octanol–water partition coefficient (Wildman–Crippen LogP) is 2.65. The molecule has 2 atom stereocenters. The van der Waals surface area contributed by atoms with Crippen molar-refractivity contribution in [3.05, 3.63) is 0 Å². The largest absolute Gasteiger partial charge is 0.503 e. The highest BCUT2D eigenvalue weighted by Gasteiger charge is 2.45. The maximum Gasteiger partial charge on any atom is 0.503 e. The maximum absolute atomic E-state index is 12.2. The summed E-state index contributed by atoms with van der Waals surface area (Å²) in [4.78, 5) is 12.2. The number of ketones is 1. The highest BCUT2D eigenvalue weighted by atomic mass is 28.4. The molecule has 0 fully saturated rings. The van der Waals surface area contributed by atoms with Crippen LogP contribution < -0.4 is 0 Å². The molecule has 0 spiro atoms. The van der Waals surface area contributed by atoms with E-state index in [1.54, 1.807) is 42.7 Å². The van der Waals surface area contributed by atoms with E-state index in [2.05, 4.69) is 0 Å². The van der Waals surface area contributed by atoms with Gasteiger partial charge < -0.3 is 26.6 Å². The first-order valence-corrected chi connectivity index (χ1v) is 11.7. The number of hydrogen-bond acceptors (Lipinski definition) is 7. The van der Waals surface area contributed by atoms with Crippen molar-refractivity contribution in [2.45, 2.75) is 50.6 Å². The fraction of sp³-hybridized carbons (Fsp3) is 0.933. The lowest BCUT2D eigenvalue weighted by Crippen LogP contribution is -2.47. The average Bonchev–Trinajstić information content (AvgIpc) is 2.62. The minimum Gasteiger partial charge on any atom is -0.377 e. The minimum atomic E-state index is -2.69. The maximum atomic E-state index is 12.2. The predicted molar refractivity (Wildman–Crippen MR) is 95.9 cm³/mol. The van der Waals surface area contributed by atoms with Crippen LogP contribution in [-0.2, 0) is 31.4 Å². The Kier molecular flexibility index (Phi) is 11.4. The molecule has 0 aliphatic rings. The van der Waals surface area contributed by atoms with Gasteiger partial charge in [-0.25, -0.2) is 0 Å². The van der Waals surface area contributed by atoms with Gasteiger partial charge in [-0.3, -0.25) is 4.79 Å². The van der Waals surface area contributed by atoms with E-state index in [-0.39, 0.29) is 16.9 Å². The zero-order valence-corrected chi connectivity index (χ0v) is 18.3. The second-order valence-corrected chi connectivity index (χ2v) is 12.7. The Bertz CT molecular complexity index is 311. The molecule has 7 nitrogen and oxygen atoms in total. The average molecular weight is 383 g/mol. The van der Waals surface area contributed by atoms with Gasteiger partial charge in [0.15, 0.2) is 0 Å². The Hall–Kier alpha value is -0.136. The van der Waals surface area contributed by atoms with Crippen LogP contribution in [0.1, 0.15) is 39.5 Å². The van der Waals surface area contributed by atoms with Gasteiger partial charge >= 0.3 is 17.6 Å². The van der Waals surface area contributed by atoms with Gasteiger partial charge in [0, 0.05) is 66.6 Å². The fourth-order valence-electron chi connectivity index (χ4n) is 2.94. The Balaban J connectivity index is 4.46. The molecule has 2 unspecified atom stereocenters. The summed E-state index contributed by atoms with van der Waals surface area (Å²) in [7, 11) is 4.15. The molecule has 0 N–H and O–H groups in total. The molecule has 0 amide bonds. The molecule has 24 heavy (non-hydrogen) atoms. The molecule has 0 rings (SSSR count). The third-order valence-corrected chi connectivity index (χ3v) is 11.0. The van der Waals surface area contributed by atoms with Crippen molar-refractivity contribution >= 4 is 23.4 Å². The van der Waals surface area contributed by atoms with Crippen LogP contribution in [0.4, 0.5) is 0 Å². The van der Waals surface area contributed by atoms with Gasteiger partial charge in [-0.1, -0.05) is 13.8 Å². The third-order valence-electron chi connectivity index (χ3n) is 4.63. The summed E-state index contributed by atoms with van der Waals surface area (Å²) in [5.74, 6) is 0.200. The van der Waals surface area contributed by atoms with E-state index in [0.29, 0.717) is 25.7 Å². The van der Waals surface area contributed by atoms with E-state index in [1.165, 1.54) is 0 Å². The molecule has 0 radical (unpaired) electrons. The molecule has 0 heterocycles. The highest BCUT2D eigenvalue weighted by Crippen LogP contribution is 2.30. The normalized spacial score (nSPS) is 15.3. The van der Waals surface area contributed by atoms with Crippen molar-refractivity contribution < 1.29 is 31.4 Å². The van der Waals surface area contributed by atoms with Crippen LogP contribution in [0.25, 0.3) is 0 Å². The second-order valence-electron chi connectivity index (χ2n) is 5.85. The van der Waals surface area contributed by atoms with Crippen molar-refractivity contribution in [1.82, 2.24) is 0 Å². The van der Waals surface area contributed by atoms with Crippen molar-refractivity contribution in [3.63, 3.8) is 0 Å². The van der Waals surface area contributed by atoms with Gasteiger partial charge in [0.1, 0.15) is 5.78 Å². The highest BCUT2D eigenvalue weighted by molar-refractivity contribution is 6.62. The van der Waals surface area contributed by atoms with E-state index in [0.717, 1.165) is 0 Å². The van der Waals surface area contributed by atoms with Gasteiger partial charge in [-0.15, -0.1) is 0 Å². The number of rotatable bonds is 14. The molecule has 144 valence electrons. The molecule has 0 aliphatic heterocycles. The van der Waals surface area contributed by atoms with E-state index >= 15 is 0 Å². The number of hydrogen-bond donors (Lipinski definition) is 0. The number of carbonyl (C=O) groups excluding carboxylic acids is 1. The molecule has 0 aromatic carbocycles. The topological polar surface area (TPSA) is 72.5 Å². The van der Waals surface area contributed by atoms with Gasteiger partial charge in [0.05, 0.1) is 0 Å². The lowest BCUT2D eigenvalue weighted by molar-refractivity contribution is -0.119. The molecular weight excluding hydrogens is 348 g/mol. The second kappa shape index (κ2) is 11.5. The van der Waals surface area contributed by atoms with Crippen LogP contribution in [-0.4, -0.2) is 66.1 Å². The molecule has 0 aromatic heterocycles. The summed E-state index contributed by atoms with van der Waals surface area (Å²) in [6.07, 6.45) is 2.30. The standard InChI is InChI=1S/C15H34O7Si2/c1-13(23(17-3,18-4)19-5)9-11-15(16)12-10-14(2)24(20-6,21-7)22-8/h13-14H,9-12H2,1-8H3. The number of carbonyl (C=O) groups is 1. The third kappa shape index (κ3) is 5.99. The Morgan fingerprint density at radius 3 is 1.12 bits per heavy atom. The van der Waals surface area contributed by atoms with Crippen LogP contribution >= 0.6 is 0 Å². The number of Topliss-reactive ketones (excluding diaryl/α,β-unsaturated/α-hetero) is 1. The smallest absolute Gasteiger partial charge is 0.377 e. The molecular formula is C15H34O7Si2. The van der Waals surface area contributed by atoms with Crippen LogP contribution in [0, 0.1) is 0 Å². The Morgan fingerprint density at radius 2 is 0.917 bits per heavy atom. The monoisotopic (exact) mass is 382 g/mol. The van der Waals surface area contributed by atoms with Gasteiger partial charge in [-0.05, 0) is 12.8 Å². The van der Waals surface area contributed by atoms with Crippen molar-refractivity contribution in [3.8, 4) is 0 Å². The zero-order valence-electron chi connectivity index (χ0n) is 16.3. The van der Waals surface area contributed by atoms with E-state index in [4.69, 9.17) is 26.6 Å². The first-order valence-electron chi connectivity index (χ1n) is 8.13. The van der Waals surface area contributed by atoms with Gasteiger partial charge in [0.25, 0.3) is 0 Å². The van der Waals surface area contributed by atoms with Gasteiger partial charge in [0.2, 0.25) is 0 Å². The van der Waals surface area contributed by atoms with Crippen LogP contribution in [0.5, 0.6) is 0 Å². The summed E-state index contributed by atoms with van der Waals surface area (Å²) in [5.41, 5.74) is 0.119. The molecule has 0 bridgehead atoms. The lowest BCUT2D eigenvalue weighted by atomic mass is 10.1. The van der Waals surface area contributed by atoms with Crippen molar-refractivity contribution in [1.29, 1.82) is 0 Å². The first kappa shape index (κ1) is 23.9. The Morgan fingerprint density at radius 1 is 0.667 bits per heavy atom. The quantitative estimate of drug-likeness (QED) is 0.428. The minimum absolute atomic E-state index is 0.0595. The summed E-state index contributed by atoms with van der Waals surface area (Å²) in [6.45, 7) is 3.99. The molecule has 9 heteroatoms.